The summed E-state index contributed by atoms with van der Waals surface area (Å²) in [6.45, 7) is 5.92. The second-order valence-electron chi connectivity index (χ2n) is 8.55. The molecule has 2 bridgehead atoms. The average Bonchev–Trinajstić information content (AvgIpc) is 2.71. The van der Waals surface area contributed by atoms with E-state index in [0.717, 1.165) is 5.56 Å². The molecule has 2 heterocycles. The van der Waals surface area contributed by atoms with E-state index in [4.69, 9.17) is 9.47 Å². The number of benzene rings is 2. The fourth-order valence-electron chi connectivity index (χ4n) is 4.48. The number of methoxy groups -OCH3 is 1. The van der Waals surface area contributed by atoms with Gasteiger partial charge in [0.2, 0.25) is 5.91 Å². The lowest BCUT2D eigenvalue weighted by molar-refractivity contribution is -0.160. The van der Waals surface area contributed by atoms with Crippen molar-refractivity contribution in [3.05, 3.63) is 53.6 Å². The largest absolute Gasteiger partial charge is 0.493 e. The highest BCUT2D eigenvalue weighted by Crippen LogP contribution is 2.52. The molecule has 1 amide bonds. The van der Waals surface area contributed by atoms with Gasteiger partial charge in [-0.3, -0.25) is 4.79 Å². The number of amides is 1. The number of piperidine rings is 1. The number of carbonyl (C=O) groups excluding carboxylic acids is 1. The van der Waals surface area contributed by atoms with Crippen LogP contribution >= 0.6 is 0 Å². The second-order valence-corrected chi connectivity index (χ2v) is 10.6. The molecule has 7 heteroatoms. The summed E-state index contributed by atoms with van der Waals surface area (Å²) in [5.41, 5.74) is 0.812. The second kappa shape index (κ2) is 7.01. The molecule has 0 aliphatic carbocycles. The lowest BCUT2D eigenvalue weighted by Gasteiger charge is -2.51. The number of hydrogen-bond acceptors (Lipinski definition) is 5. The maximum atomic E-state index is 13.7. The van der Waals surface area contributed by atoms with Gasteiger partial charge in [0, 0.05) is 24.9 Å². The first kappa shape index (κ1) is 20.7. The van der Waals surface area contributed by atoms with Crippen LogP contribution in [0.2, 0.25) is 0 Å². The van der Waals surface area contributed by atoms with Gasteiger partial charge in [-0.1, -0.05) is 38.1 Å². The van der Waals surface area contributed by atoms with Gasteiger partial charge in [0.1, 0.15) is 0 Å². The van der Waals surface area contributed by atoms with Crippen LogP contribution in [0.1, 0.15) is 50.2 Å². The molecule has 3 atom stereocenters. The number of rotatable bonds is 4. The number of nitrogens with zero attached hydrogens (tertiary/aromatic N) is 1. The molecular weight excluding hydrogens is 402 g/mol. The van der Waals surface area contributed by atoms with Crippen LogP contribution in [-0.2, 0) is 14.6 Å². The van der Waals surface area contributed by atoms with Gasteiger partial charge in [-0.25, -0.2) is 8.42 Å². The van der Waals surface area contributed by atoms with Crippen molar-refractivity contribution >= 4 is 15.7 Å². The van der Waals surface area contributed by atoms with Gasteiger partial charge in [-0.2, -0.15) is 0 Å². The zero-order valence-corrected chi connectivity index (χ0v) is 18.7. The predicted octanol–water partition coefficient (Wildman–Crippen LogP) is 3.72. The third-order valence-electron chi connectivity index (χ3n) is 6.41. The number of hydrogen-bond donors (Lipinski definition) is 0. The van der Waals surface area contributed by atoms with Gasteiger partial charge in [0.05, 0.1) is 12.0 Å². The summed E-state index contributed by atoms with van der Waals surface area (Å²) < 4.78 is 39.0. The van der Waals surface area contributed by atoms with Gasteiger partial charge in [-0.15, -0.1) is 0 Å². The molecule has 6 nitrogen and oxygen atoms in total. The molecule has 4 rings (SSSR count). The van der Waals surface area contributed by atoms with Crippen LogP contribution in [-0.4, -0.2) is 44.4 Å². The summed E-state index contributed by atoms with van der Waals surface area (Å²) in [5, 5.41) is -1.21. The monoisotopic (exact) mass is 429 g/mol. The van der Waals surface area contributed by atoms with E-state index < -0.39 is 32.6 Å². The van der Waals surface area contributed by atoms with E-state index in [1.807, 2.05) is 25.1 Å². The molecule has 0 aromatic heterocycles. The van der Waals surface area contributed by atoms with Crippen LogP contribution in [0.5, 0.6) is 11.5 Å². The smallest absolute Gasteiger partial charge is 0.244 e. The summed E-state index contributed by atoms with van der Waals surface area (Å²) in [4.78, 5) is 14.9. The molecule has 0 spiro atoms. The Labute approximate surface area is 177 Å². The van der Waals surface area contributed by atoms with Crippen molar-refractivity contribution in [3.8, 4) is 11.5 Å². The quantitative estimate of drug-likeness (QED) is 0.741. The van der Waals surface area contributed by atoms with Crippen LogP contribution in [0.4, 0.5) is 0 Å². The molecule has 160 valence electrons. The van der Waals surface area contributed by atoms with Gasteiger partial charge >= 0.3 is 0 Å². The van der Waals surface area contributed by atoms with Crippen molar-refractivity contribution in [3.63, 3.8) is 0 Å². The maximum Gasteiger partial charge on any atom is 0.244 e. The Morgan fingerprint density at radius 3 is 2.43 bits per heavy atom. The minimum atomic E-state index is -3.91. The van der Waals surface area contributed by atoms with Crippen LogP contribution < -0.4 is 9.47 Å². The molecular formula is C23H27NO5S. The van der Waals surface area contributed by atoms with E-state index in [9.17, 15) is 13.2 Å². The zero-order valence-electron chi connectivity index (χ0n) is 17.9. The minimum absolute atomic E-state index is 0.165. The normalized spacial score (nSPS) is 25.7. The first-order valence-corrected chi connectivity index (χ1v) is 11.6. The molecule has 2 aliphatic rings. The van der Waals surface area contributed by atoms with E-state index in [-0.39, 0.29) is 4.90 Å². The highest BCUT2D eigenvalue weighted by atomic mass is 32.2. The SMILES string of the molecule is COc1cccc2c1OC1(C)CC2C(S(=O)(=O)c2ccc(C(C)C)cc2)C(=O)N1C. The number of likely N-dealkylation sites (tertiary alicyclic amines) is 1. The molecule has 0 N–H and O–H groups in total. The van der Waals surface area contributed by atoms with Crippen LogP contribution in [0.3, 0.4) is 0 Å². The van der Waals surface area contributed by atoms with Crippen molar-refractivity contribution in [2.75, 3.05) is 14.2 Å². The van der Waals surface area contributed by atoms with E-state index in [2.05, 4.69) is 13.8 Å². The Kier molecular flexibility index (Phi) is 4.84. The fraction of sp³-hybridized carbons (Fsp3) is 0.435. The Balaban J connectivity index is 1.86. The first-order valence-electron chi connectivity index (χ1n) is 10.1. The number of para-hydroxylation sites is 1. The summed E-state index contributed by atoms with van der Waals surface area (Å²) >= 11 is 0. The van der Waals surface area contributed by atoms with Crippen molar-refractivity contribution in [1.82, 2.24) is 4.90 Å². The molecule has 1 fully saturated rings. The third kappa shape index (κ3) is 2.98. The zero-order chi connectivity index (χ0) is 21.8. The van der Waals surface area contributed by atoms with E-state index in [1.165, 1.54) is 4.90 Å². The molecule has 2 aromatic rings. The lowest BCUT2D eigenvalue weighted by Crippen LogP contribution is -2.64. The molecule has 0 radical (unpaired) electrons. The fourth-order valence-corrected chi connectivity index (χ4v) is 6.39. The lowest BCUT2D eigenvalue weighted by atomic mass is 9.80. The topological polar surface area (TPSA) is 72.9 Å². The predicted molar refractivity (Wildman–Crippen MR) is 114 cm³/mol. The number of sulfone groups is 1. The molecule has 2 aliphatic heterocycles. The van der Waals surface area contributed by atoms with E-state index in [0.29, 0.717) is 29.4 Å². The Morgan fingerprint density at radius 2 is 1.83 bits per heavy atom. The highest BCUT2D eigenvalue weighted by molar-refractivity contribution is 7.92. The third-order valence-corrected chi connectivity index (χ3v) is 8.54. The van der Waals surface area contributed by atoms with Crippen LogP contribution in [0.15, 0.2) is 47.4 Å². The van der Waals surface area contributed by atoms with Crippen LogP contribution in [0.25, 0.3) is 0 Å². The van der Waals surface area contributed by atoms with Gasteiger partial charge < -0.3 is 14.4 Å². The highest BCUT2D eigenvalue weighted by Gasteiger charge is 2.57. The Hall–Kier alpha value is -2.54. The standard InChI is InChI=1S/C23H27NO5S/c1-14(2)15-9-11-16(12-10-15)30(26,27)21-18-13-23(3,24(4)22(21)25)29-20-17(18)7-6-8-19(20)28-5/h6-12,14,18,21H,13H2,1-5H3. The van der Waals surface area contributed by atoms with E-state index in [1.54, 1.807) is 38.4 Å². The molecule has 2 aromatic carbocycles. The average molecular weight is 430 g/mol. The maximum absolute atomic E-state index is 13.7. The molecule has 0 saturated carbocycles. The summed E-state index contributed by atoms with van der Waals surface area (Å²) in [7, 11) is -0.767. The summed E-state index contributed by atoms with van der Waals surface area (Å²) in [6, 6.07) is 12.3. The number of ether oxygens (including phenoxy) is 2. The van der Waals surface area contributed by atoms with Crippen molar-refractivity contribution < 1.29 is 22.7 Å². The summed E-state index contributed by atoms with van der Waals surface area (Å²) in [5.74, 6) is 0.360. The Bertz CT molecular complexity index is 1090. The van der Waals surface area contributed by atoms with Gasteiger partial charge in [0.15, 0.2) is 32.3 Å². The number of carbonyl (C=O) groups is 1. The van der Waals surface area contributed by atoms with Crippen molar-refractivity contribution in [2.45, 2.75) is 54.9 Å². The number of fused-ring (bicyclic) bond motifs is 4. The molecule has 1 saturated heterocycles. The summed E-state index contributed by atoms with van der Waals surface area (Å²) in [6.07, 6.45) is 0.392. The first-order chi connectivity index (χ1) is 14.1. The van der Waals surface area contributed by atoms with E-state index >= 15 is 0 Å². The Morgan fingerprint density at radius 1 is 1.17 bits per heavy atom. The van der Waals surface area contributed by atoms with Crippen LogP contribution in [0, 0.1) is 0 Å². The van der Waals surface area contributed by atoms with Crippen molar-refractivity contribution in [2.24, 2.45) is 0 Å². The van der Waals surface area contributed by atoms with Gasteiger partial charge in [-0.05, 0) is 36.6 Å². The van der Waals surface area contributed by atoms with Crippen molar-refractivity contribution in [1.29, 1.82) is 0 Å². The molecule has 30 heavy (non-hydrogen) atoms. The molecule has 3 unspecified atom stereocenters. The van der Waals surface area contributed by atoms with Gasteiger partial charge in [0.25, 0.3) is 0 Å². The minimum Gasteiger partial charge on any atom is -0.493 e.